The van der Waals surface area contributed by atoms with Crippen molar-refractivity contribution in [3.63, 3.8) is 0 Å². The molecule has 2 aromatic carbocycles. The van der Waals surface area contributed by atoms with Crippen molar-refractivity contribution >= 4 is 46.1 Å². The number of rotatable bonds is 7. The lowest BCUT2D eigenvalue weighted by atomic mass is 9.90. The van der Waals surface area contributed by atoms with Gasteiger partial charge in [-0.1, -0.05) is 41.4 Å². The van der Waals surface area contributed by atoms with Crippen LogP contribution >= 0.6 is 23.2 Å². The van der Waals surface area contributed by atoms with E-state index in [1.165, 1.54) is 6.92 Å². The summed E-state index contributed by atoms with van der Waals surface area (Å²) in [4.78, 5) is 19.4. The molecule has 0 saturated carbocycles. The summed E-state index contributed by atoms with van der Waals surface area (Å²) in [5, 5.41) is 17.0. The van der Waals surface area contributed by atoms with Crippen LogP contribution in [0.5, 0.6) is 0 Å². The smallest absolute Gasteiger partial charge is 0.145 e. The molecule has 33 heavy (non-hydrogen) atoms. The van der Waals surface area contributed by atoms with Crippen LogP contribution in [-0.2, 0) is 4.79 Å². The third-order valence-corrected chi connectivity index (χ3v) is 5.61. The number of aliphatic hydroxyl groups is 1. The van der Waals surface area contributed by atoms with E-state index in [1.54, 1.807) is 29.5 Å². The number of aliphatic hydroxyl groups excluding tert-OH is 1. The molecule has 1 aliphatic heterocycles. The molecule has 4 rings (SSSR count). The topological polar surface area (TPSA) is 69.0 Å². The molecule has 0 bridgehead atoms. The molecule has 2 heterocycles. The number of carbonyl (C=O) groups is 1. The van der Waals surface area contributed by atoms with Gasteiger partial charge in [-0.15, -0.1) is 0 Å². The molecule has 1 N–H and O–H groups in total. The Balaban J connectivity index is 1.94. The molecule has 8 heteroatoms. The second-order valence-electron chi connectivity index (χ2n) is 7.48. The Morgan fingerprint density at radius 1 is 1.03 bits per heavy atom. The average molecular weight is 481 g/mol. The minimum Gasteiger partial charge on any atom is -0.394 e. The number of hydrazone groups is 1. The van der Waals surface area contributed by atoms with Crippen LogP contribution < -0.4 is 4.90 Å². The van der Waals surface area contributed by atoms with Gasteiger partial charge in [0.05, 0.1) is 24.5 Å². The van der Waals surface area contributed by atoms with Gasteiger partial charge in [0.2, 0.25) is 0 Å². The lowest BCUT2D eigenvalue weighted by molar-refractivity contribution is -0.118. The molecule has 0 aliphatic carbocycles. The number of β-amino-alcohol motifs (C(OH)–C–C–N with tert-alkyl or cyclic N) is 1. The van der Waals surface area contributed by atoms with Crippen molar-refractivity contribution in [3.05, 3.63) is 101 Å². The Bertz CT molecular complexity index is 1170. The molecule has 3 aromatic rings. The third kappa shape index (κ3) is 5.09. The number of halogens is 2. The van der Waals surface area contributed by atoms with Gasteiger partial charge >= 0.3 is 0 Å². The van der Waals surface area contributed by atoms with Gasteiger partial charge in [0.25, 0.3) is 0 Å². The highest BCUT2D eigenvalue weighted by atomic mass is 35.5. The Labute approximate surface area is 202 Å². The van der Waals surface area contributed by atoms with E-state index < -0.39 is 5.92 Å². The first kappa shape index (κ1) is 23.0. The van der Waals surface area contributed by atoms with E-state index in [0.717, 1.165) is 11.4 Å². The molecule has 0 radical (unpaired) electrons. The lowest BCUT2D eigenvalue weighted by Gasteiger charge is -2.36. The first-order valence-corrected chi connectivity index (χ1v) is 11.1. The fourth-order valence-corrected chi connectivity index (χ4v) is 4.16. The van der Waals surface area contributed by atoms with Crippen molar-refractivity contribution in [2.75, 3.05) is 18.1 Å². The Morgan fingerprint density at radius 2 is 1.70 bits per heavy atom. The van der Waals surface area contributed by atoms with Crippen LogP contribution in [0.1, 0.15) is 12.6 Å². The molecule has 168 valence electrons. The van der Waals surface area contributed by atoms with Crippen molar-refractivity contribution in [2.24, 2.45) is 11.0 Å². The predicted octanol–water partition coefficient (Wildman–Crippen LogP) is 5.29. The summed E-state index contributed by atoms with van der Waals surface area (Å²) in [6.45, 7) is 1.68. The van der Waals surface area contributed by atoms with Gasteiger partial charge in [-0.25, -0.2) is 0 Å². The van der Waals surface area contributed by atoms with E-state index in [9.17, 15) is 9.90 Å². The second kappa shape index (κ2) is 10.2. The number of hydrogen-bond acceptors (Lipinski definition) is 6. The van der Waals surface area contributed by atoms with Crippen molar-refractivity contribution in [1.29, 1.82) is 0 Å². The van der Waals surface area contributed by atoms with Crippen LogP contribution in [-0.4, -0.2) is 39.7 Å². The summed E-state index contributed by atoms with van der Waals surface area (Å²) >= 11 is 12.7. The molecule has 0 amide bonds. The zero-order chi connectivity index (χ0) is 23.4. The summed E-state index contributed by atoms with van der Waals surface area (Å²) < 4.78 is 0. The summed E-state index contributed by atoms with van der Waals surface area (Å²) in [7, 11) is 0. The summed E-state index contributed by atoms with van der Waals surface area (Å²) in [6, 6.07) is 20.2. The SMILES string of the molecule is CC(=O)C1C(N(c2cccc(Cl)c2)c2cccc(Cl)c2)=CN(CCO)N=C1c1ccccn1. The molecule has 0 saturated heterocycles. The number of nitrogens with zero attached hydrogens (tertiary/aromatic N) is 4. The normalized spacial score (nSPS) is 15.6. The summed E-state index contributed by atoms with van der Waals surface area (Å²) in [5.74, 6) is -0.795. The molecular weight excluding hydrogens is 459 g/mol. The third-order valence-electron chi connectivity index (χ3n) is 5.14. The number of ketones is 1. The van der Waals surface area contributed by atoms with Crippen LogP contribution in [0.3, 0.4) is 0 Å². The first-order valence-electron chi connectivity index (χ1n) is 10.4. The fraction of sp³-hybridized carbons (Fsp3) is 0.160. The highest BCUT2D eigenvalue weighted by Gasteiger charge is 2.36. The molecule has 0 fully saturated rings. The highest BCUT2D eigenvalue weighted by Crippen LogP contribution is 2.38. The minimum absolute atomic E-state index is 0.0941. The Hall–Kier alpha value is -3.19. The van der Waals surface area contributed by atoms with Gasteiger partial charge in [0, 0.05) is 33.8 Å². The van der Waals surface area contributed by atoms with E-state index >= 15 is 0 Å². The second-order valence-corrected chi connectivity index (χ2v) is 8.35. The number of pyridine rings is 1. The Kier molecular flexibility index (Phi) is 7.08. The fourth-order valence-electron chi connectivity index (χ4n) is 3.79. The minimum atomic E-state index is -0.701. The van der Waals surface area contributed by atoms with Crippen LogP contribution in [0.4, 0.5) is 11.4 Å². The number of benzene rings is 2. The van der Waals surface area contributed by atoms with E-state index in [1.807, 2.05) is 59.5 Å². The van der Waals surface area contributed by atoms with Gasteiger partial charge in [0.15, 0.2) is 0 Å². The number of aromatic nitrogens is 1. The number of carbonyl (C=O) groups excluding carboxylic acids is 1. The maximum Gasteiger partial charge on any atom is 0.145 e. The number of anilines is 2. The lowest BCUT2D eigenvalue weighted by Crippen LogP contribution is -2.39. The maximum absolute atomic E-state index is 13.1. The predicted molar refractivity (Wildman–Crippen MR) is 132 cm³/mol. The van der Waals surface area contributed by atoms with E-state index in [2.05, 4.69) is 10.1 Å². The molecule has 6 nitrogen and oxygen atoms in total. The van der Waals surface area contributed by atoms with Gasteiger partial charge in [-0.05, 0) is 55.5 Å². The van der Waals surface area contributed by atoms with Gasteiger partial charge in [0.1, 0.15) is 17.4 Å². The standard InChI is InChI=1S/C25H22Cl2N4O2/c1-17(33)24-23(16-30(12-13-32)29-25(24)22-10-2-3-11-28-22)31(20-8-4-6-18(26)14-20)21-9-5-7-19(27)15-21/h2-11,14-16,24,32H,12-13H2,1H3. The zero-order valence-electron chi connectivity index (χ0n) is 17.9. The quantitative estimate of drug-likeness (QED) is 0.497. The van der Waals surface area contributed by atoms with Crippen LogP contribution in [0, 0.1) is 5.92 Å². The zero-order valence-corrected chi connectivity index (χ0v) is 19.4. The van der Waals surface area contributed by atoms with Gasteiger partial charge in [-0.2, -0.15) is 5.10 Å². The molecule has 1 aromatic heterocycles. The van der Waals surface area contributed by atoms with Gasteiger partial charge < -0.3 is 10.0 Å². The van der Waals surface area contributed by atoms with Crippen molar-refractivity contribution in [3.8, 4) is 0 Å². The molecular formula is C25H22Cl2N4O2. The van der Waals surface area contributed by atoms with Crippen molar-refractivity contribution < 1.29 is 9.90 Å². The number of Topliss-reactive ketones (excluding diaryl/α,β-unsaturated/α-hetero) is 1. The van der Waals surface area contributed by atoms with Crippen molar-refractivity contribution in [1.82, 2.24) is 9.99 Å². The largest absolute Gasteiger partial charge is 0.394 e. The van der Waals surface area contributed by atoms with Crippen molar-refractivity contribution in [2.45, 2.75) is 6.92 Å². The molecule has 1 unspecified atom stereocenters. The van der Waals surface area contributed by atoms with E-state index in [4.69, 9.17) is 23.2 Å². The Morgan fingerprint density at radius 3 is 2.21 bits per heavy atom. The average Bonchev–Trinajstić information content (AvgIpc) is 2.80. The monoisotopic (exact) mass is 480 g/mol. The van der Waals surface area contributed by atoms with Gasteiger partial charge in [-0.3, -0.25) is 14.8 Å². The van der Waals surface area contributed by atoms with Crippen LogP contribution in [0.25, 0.3) is 0 Å². The number of hydrogen-bond donors (Lipinski definition) is 1. The van der Waals surface area contributed by atoms with E-state index in [0.29, 0.717) is 27.1 Å². The molecule has 1 atom stereocenters. The molecule has 0 spiro atoms. The van der Waals surface area contributed by atoms with Crippen LogP contribution in [0.15, 0.2) is 89.9 Å². The first-order chi connectivity index (χ1) is 16.0. The summed E-state index contributed by atoms with van der Waals surface area (Å²) in [5.41, 5.74) is 3.25. The number of allylic oxidation sites excluding steroid dienone is 1. The molecule has 1 aliphatic rings. The summed E-state index contributed by atoms with van der Waals surface area (Å²) in [6.07, 6.45) is 3.44. The van der Waals surface area contributed by atoms with E-state index in [-0.39, 0.29) is 18.9 Å². The maximum atomic E-state index is 13.1. The van der Waals surface area contributed by atoms with Crippen LogP contribution in [0.2, 0.25) is 10.0 Å². The highest BCUT2D eigenvalue weighted by molar-refractivity contribution is 6.31.